The molecular weight excluding hydrogens is 168 g/mol. The van der Waals surface area contributed by atoms with E-state index in [1.807, 2.05) is 32.9 Å². The zero-order valence-corrected chi connectivity index (χ0v) is 8.48. The molecule has 0 aliphatic carbocycles. The van der Waals surface area contributed by atoms with Crippen LogP contribution in [-0.4, -0.2) is 9.97 Å². The quantitative estimate of drug-likeness (QED) is 0.676. The molecule has 0 amide bonds. The highest BCUT2D eigenvalue weighted by molar-refractivity contribution is 7.80. The predicted octanol–water partition coefficient (Wildman–Crippen LogP) is 2.05. The first-order valence-electron chi connectivity index (χ1n) is 3.92. The number of hydrogen-bond donors (Lipinski definition) is 1. The van der Waals surface area contributed by atoms with Crippen molar-refractivity contribution in [2.45, 2.75) is 20.8 Å². The Morgan fingerprint density at radius 1 is 1.42 bits per heavy atom. The largest absolute Gasteiger partial charge is 0.389 e. The zero-order valence-electron chi connectivity index (χ0n) is 7.66. The molecule has 0 atom stereocenters. The molecule has 0 aromatic carbocycles. The van der Waals surface area contributed by atoms with Gasteiger partial charge in [-0.15, -0.1) is 0 Å². The topological polar surface area (TPSA) is 38.9 Å². The van der Waals surface area contributed by atoms with Gasteiger partial charge in [0, 0.05) is 17.5 Å². The van der Waals surface area contributed by atoms with Crippen LogP contribution in [0.1, 0.15) is 25.1 Å². The van der Waals surface area contributed by atoms with Crippen molar-refractivity contribution in [2.75, 3.05) is 0 Å². The van der Waals surface area contributed by atoms with E-state index in [1.165, 1.54) is 0 Å². The molecule has 1 heterocycles. The maximum absolute atomic E-state index is 5.36. The molecule has 0 spiro atoms. The zero-order chi connectivity index (χ0) is 9.56. The van der Waals surface area contributed by atoms with Gasteiger partial charge >= 0.3 is 0 Å². The molecule has 12 heavy (non-hydrogen) atoms. The van der Waals surface area contributed by atoms with Gasteiger partial charge < -0.3 is 5.73 Å². The molecule has 1 aromatic rings. The standard InChI is InChI=1S/C7H8N2S.C2H6/c1-5-2-3-6(4-9-5)7(8)10;1-2/h2-4H,1H3,(H2,8,10);1-2H3. The number of thiocarbonyl (C=S) groups is 1. The van der Waals surface area contributed by atoms with Gasteiger partial charge in [-0.1, -0.05) is 26.1 Å². The maximum Gasteiger partial charge on any atom is 0.105 e. The Hall–Kier alpha value is -0.960. The van der Waals surface area contributed by atoms with E-state index in [9.17, 15) is 0 Å². The fourth-order valence-corrected chi connectivity index (χ4v) is 0.734. The van der Waals surface area contributed by atoms with Crippen molar-refractivity contribution < 1.29 is 0 Å². The van der Waals surface area contributed by atoms with E-state index in [4.69, 9.17) is 18.0 Å². The number of pyridine rings is 1. The molecule has 0 saturated carbocycles. The average Bonchev–Trinajstić information content (AvgIpc) is 2.09. The Kier molecular flexibility index (Phi) is 5.21. The van der Waals surface area contributed by atoms with Gasteiger partial charge in [0.15, 0.2) is 0 Å². The van der Waals surface area contributed by atoms with Crippen LogP contribution in [0.2, 0.25) is 0 Å². The van der Waals surface area contributed by atoms with Crippen LogP contribution in [0.15, 0.2) is 18.3 Å². The molecule has 0 fully saturated rings. The average molecular weight is 182 g/mol. The second-order valence-electron chi connectivity index (χ2n) is 2.05. The van der Waals surface area contributed by atoms with Gasteiger partial charge in [0.2, 0.25) is 0 Å². The number of aromatic nitrogens is 1. The van der Waals surface area contributed by atoms with Gasteiger partial charge in [0.1, 0.15) is 4.99 Å². The van der Waals surface area contributed by atoms with Crippen molar-refractivity contribution in [3.63, 3.8) is 0 Å². The van der Waals surface area contributed by atoms with Crippen LogP contribution in [0.3, 0.4) is 0 Å². The minimum absolute atomic E-state index is 0.396. The Balaban J connectivity index is 0.000000561. The summed E-state index contributed by atoms with van der Waals surface area (Å²) in [4.78, 5) is 4.43. The number of nitrogens with two attached hydrogens (primary N) is 1. The fourth-order valence-electron chi connectivity index (χ4n) is 0.614. The third-order valence-corrected chi connectivity index (χ3v) is 1.43. The van der Waals surface area contributed by atoms with Crippen molar-refractivity contribution in [3.05, 3.63) is 29.6 Å². The minimum Gasteiger partial charge on any atom is -0.389 e. The molecule has 0 aliphatic heterocycles. The highest BCUT2D eigenvalue weighted by Gasteiger charge is 1.93. The van der Waals surface area contributed by atoms with Crippen molar-refractivity contribution in [3.8, 4) is 0 Å². The van der Waals surface area contributed by atoms with Gasteiger partial charge in [0.25, 0.3) is 0 Å². The van der Waals surface area contributed by atoms with Crippen molar-refractivity contribution in [2.24, 2.45) is 5.73 Å². The molecule has 0 bridgehead atoms. The summed E-state index contributed by atoms with van der Waals surface area (Å²) in [5, 5.41) is 0. The summed E-state index contributed by atoms with van der Waals surface area (Å²) in [5.74, 6) is 0. The normalized spacial score (nSPS) is 8.25. The van der Waals surface area contributed by atoms with Crippen molar-refractivity contribution in [1.29, 1.82) is 0 Å². The molecule has 2 nitrogen and oxygen atoms in total. The summed E-state index contributed by atoms with van der Waals surface area (Å²) < 4.78 is 0. The Bertz CT molecular complexity index is 241. The van der Waals surface area contributed by atoms with E-state index >= 15 is 0 Å². The van der Waals surface area contributed by atoms with Gasteiger partial charge in [-0.25, -0.2) is 0 Å². The molecule has 0 saturated heterocycles. The lowest BCUT2D eigenvalue weighted by molar-refractivity contribution is 1.19. The number of rotatable bonds is 1. The van der Waals surface area contributed by atoms with Gasteiger partial charge in [-0.3, -0.25) is 4.98 Å². The monoisotopic (exact) mass is 182 g/mol. The third kappa shape index (κ3) is 3.44. The van der Waals surface area contributed by atoms with Crippen LogP contribution >= 0.6 is 12.2 Å². The lowest BCUT2D eigenvalue weighted by atomic mass is 10.2. The van der Waals surface area contributed by atoms with Crippen LogP contribution in [0.4, 0.5) is 0 Å². The van der Waals surface area contributed by atoms with Crippen LogP contribution in [0.5, 0.6) is 0 Å². The van der Waals surface area contributed by atoms with Gasteiger partial charge in [-0.05, 0) is 19.1 Å². The van der Waals surface area contributed by atoms with E-state index in [0.29, 0.717) is 4.99 Å². The van der Waals surface area contributed by atoms with E-state index in [0.717, 1.165) is 11.3 Å². The molecule has 1 aromatic heterocycles. The summed E-state index contributed by atoms with van der Waals surface area (Å²) in [6.07, 6.45) is 1.68. The summed E-state index contributed by atoms with van der Waals surface area (Å²) in [6, 6.07) is 3.75. The fraction of sp³-hybridized carbons (Fsp3) is 0.333. The summed E-state index contributed by atoms with van der Waals surface area (Å²) in [5.41, 5.74) is 7.15. The first-order valence-corrected chi connectivity index (χ1v) is 4.33. The number of hydrogen-bond acceptors (Lipinski definition) is 2. The number of aryl methyl sites for hydroxylation is 1. The molecule has 1 rings (SSSR count). The maximum atomic E-state index is 5.36. The SMILES string of the molecule is CC.Cc1ccc(C(N)=S)cn1. The van der Waals surface area contributed by atoms with Crippen LogP contribution in [0, 0.1) is 6.92 Å². The van der Waals surface area contributed by atoms with Crippen molar-refractivity contribution >= 4 is 17.2 Å². The van der Waals surface area contributed by atoms with E-state index in [2.05, 4.69) is 4.98 Å². The molecule has 66 valence electrons. The van der Waals surface area contributed by atoms with Crippen LogP contribution in [-0.2, 0) is 0 Å². The summed E-state index contributed by atoms with van der Waals surface area (Å²) in [6.45, 7) is 5.92. The summed E-state index contributed by atoms with van der Waals surface area (Å²) in [7, 11) is 0. The second kappa shape index (κ2) is 5.66. The third-order valence-electron chi connectivity index (χ3n) is 1.20. The predicted molar refractivity (Wildman–Crippen MR) is 56.2 cm³/mol. The summed E-state index contributed by atoms with van der Waals surface area (Å²) >= 11 is 4.74. The van der Waals surface area contributed by atoms with Gasteiger partial charge in [0.05, 0.1) is 0 Å². The van der Waals surface area contributed by atoms with E-state index < -0.39 is 0 Å². The lowest BCUT2D eigenvalue weighted by Gasteiger charge is -1.95. The Labute approximate surface area is 78.8 Å². The molecule has 3 heteroatoms. The molecule has 2 N–H and O–H groups in total. The minimum atomic E-state index is 0.396. The van der Waals surface area contributed by atoms with E-state index in [1.54, 1.807) is 6.20 Å². The second-order valence-corrected chi connectivity index (χ2v) is 2.49. The van der Waals surface area contributed by atoms with E-state index in [-0.39, 0.29) is 0 Å². The van der Waals surface area contributed by atoms with Gasteiger partial charge in [-0.2, -0.15) is 0 Å². The molecular formula is C9H14N2S. The van der Waals surface area contributed by atoms with Crippen LogP contribution in [0.25, 0.3) is 0 Å². The highest BCUT2D eigenvalue weighted by atomic mass is 32.1. The molecule has 0 radical (unpaired) electrons. The van der Waals surface area contributed by atoms with Crippen LogP contribution < -0.4 is 5.73 Å². The highest BCUT2D eigenvalue weighted by Crippen LogP contribution is 1.97. The molecule has 0 aliphatic rings. The van der Waals surface area contributed by atoms with Crippen molar-refractivity contribution in [1.82, 2.24) is 4.98 Å². The lowest BCUT2D eigenvalue weighted by Crippen LogP contribution is -2.09. The first-order chi connectivity index (χ1) is 5.70. The first kappa shape index (κ1) is 11.0. The Morgan fingerprint density at radius 2 is 2.00 bits per heavy atom. The Morgan fingerprint density at radius 3 is 2.33 bits per heavy atom. The number of nitrogens with zero attached hydrogens (tertiary/aromatic N) is 1. The smallest absolute Gasteiger partial charge is 0.105 e. The molecule has 0 unspecified atom stereocenters.